The molecule has 7 heteroatoms. The molecule has 1 aliphatic rings. The predicted octanol–water partition coefficient (Wildman–Crippen LogP) is 4.24. The lowest BCUT2D eigenvalue weighted by Crippen LogP contribution is -2.27. The topological polar surface area (TPSA) is 67.8 Å². The fourth-order valence-corrected chi connectivity index (χ4v) is 3.44. The number of amides is 1. The number of carbonyl (C=O) groups is 2. The van der Waals surface area contributed by atoms with E-state index in [1.165, 1.54) is 6.07 Å². The summed E-state index contributed by atoms with van der Waals surface area (Å²) in [5.74, 6) is -0.397. The van der Waals surface area contributed by atoms with E-state index in [1.54, 1.807) is 18.2 Å². The number of hydrazone groups is 1. The second-order valence-electron chi connectivity index (χ2n) is 5.90. The highest BCUT2D eigenvalue weighted by atomic mass is 35.5. The molecule has 1 amide bonds. The predicted molar refractivity (Wildman–Crippen MR) is 105 cm³/mol. The SMILES string of the molecule is O=C(COc1ccc(Cl)cc1Cl)N/N=C1\C(=O)c2cccc3cccc1c23. The number of nitrogens with zero attached hydrogens (tertiary/aromatic N) is 1. The van der Waals surface area contributed by atoms with Crippen LogP contribution in [0, 0.1) is 0 Å². The summed E-state index contributed by atoms with van der Waals surface area (Å²) in [6, 6.07) is 15.8. The van der Waals surface area contributed by atoms with Crippen molar-refractivity contribution in [2.24, 2.45) is 5.10 Å². The van der Waals surface area contributed by atoms with E-state index >= 15 is 0 Å². The molecule has 5 nitrogen and oxygen atoms in total. The average molecular weight is 399 g/mol. The standard InChI is InChI=1S/C20H12Cl2N2O3/c21-12-7-8-16(15(22)9-12)27-10-17(25)23-24-19-13-5-1-3-11-4-2-6-14(18(11)13)20(19)26/h1-9H,10H2,(H,23,25)/b24-19-. The number of hydrogen-bond acceptors (Lipinski definition) is 4. The third-order valence-corrected chi connectivity index (χ3v) is 4.70. The van der Waals surface area contributed by atoms with Crippen LogP contribution in [-0.2, 0) is 4.79 Å². The summed E-state index contributed by atoms with van der Waals surface area (Å²) >= 11 is 11.8. The minimum absolute atomic E-state index is 0.208. The summed E-state index contributed by atoms with van der Waals surface area (Å²) < 4.78 is 5.36. The fraction of sp³-hybridized carbons (Fsp3) is 0.0500. The summed E-state index contributed by atoms with van der Waals surface area (Å²) in [6.45, 7) is -0.302. The van der Waals surface area contributed by atoms with Gasteiger partial charge in [-0.3, -0.25) is 9.59 Å². The van der Waals surface area contributed by atoms with Crippen molar-refractivity contribution >= 4 is 51.4 Å². The van der Waals surface area contributed by atoms with Crippen molar-refractivity contribution in [3.05, 3.63) is 75.8 Å². The number of Topliss-reactive ketones (excluding diaryl/α,β-unsaturated/α-hetero) is 1. The second-order valence-corrected chi connectivity index (χ2v) is 6.74. The Labute approximate surface area is 164 Å². The van der Waals surface area contributed by atoms with Gasteiger partial charge in [-0.05, 0) is 23.6 Å². The zero-order valence-electron chi connectivity index (χ0n) is 13.8. The number of carbonyl (C=O) groups excluding carboxylic acids is 2. The second kappa shape index (κ2) is 7.02. The first-order valence-electron chi connectivity index (χ1n) is 8.06. The average Bonchev–Trinajstić information content (AvgIpc) is 2.93. The highest BCUT2D eigenvalue weighted by Crippen LogP contribution is 2.31. The minimum atomic E-state index is -0.510. The van der Waals surface area contributed by atoms with Crippen LogP contribution in [0.15, 0.2) is 59.7 Å². The minimum Gasteiger partial charge on any atom is -0.482 e. The van der Waals surface area contributed by atoms with Crippen LogP contribution in [-0.4, -0.2) is 24.0 Å². The van der Waals surface area contributed by atoms with Gasteiger partial charge in [0.1, 0.15) is 11.5 Å². The molecule has 3 aromatic rings. The van der Waals surface area contributed by atoms with Crippen LogP contribution in [0.4, 0.5) is 0 Å². The number of nitrogens with one attached hydrogen (secondary N) is 1. The van der Waals surface area contributed by atoms with Gasteiger partial charge in [-0.2, -0.15) is 5.10 Å². The molecule has 1 N–H and O–H groups in total. The van der Waals surface area contributed by atoms with Crippen molar-refractivity contribution in [3.8, 4) is 5.75 Å². The maximum atomic E-state index is 12.6. The van der Waals surface area contributed by atoms with E-state index in [1.807, 2.05) is 30.3 Å². The Balaban J connectivity index is 1.49. The maximum Gasteiger partial charge on any atom is 0.277 e. The maximum absolute atomic E-state index is 12.6. The molecule has 0 radical (unpaired) electrons. The Morgan fingerprint density at radius 1 is 1.04 bits per heavy atom. The molecular formula is C20H12Cl2N2O3. The monoisotopic (exact) mass is 398 g/mol. The van der Waals surface area contributed by atoms with E-state index in [4.69, 9.17) is 27.9 Å². The van der Waals surface area contributed by atoms with Gasteiger partial charge in [0.15, 0.2) is 6.61 Å². The van der Waals surface area contributed by atoms with Crippen LogP contribution in [0.5, 0.6) is 5.75 Å². The molecule has 0 atom stereocenters. The van der Waals surface area contributed by atoms with Gasteiger partial charge in [0.2, 0.25) is 5.78 Å². The van der Waals surface area contributed by atoms with Crippen LogP contribution in [0.2, 0.25) is 10.0 Å². The number of rotatable bonds is 4. The van der Waals surface area contributed by atoms with Crippen molar-refractivity contribution in [2.75, 3.05) is 6.61 Å². The highest BCUT2D eigenvalue weighted by Gasteiger charge is 2.28. The highest BCUT2D eigenvalue weighted by molar-refractivity contribution is 6.59. The van der Waals surface area contributed by atoms with Gasteiger partial charge in [-0.25, -0.2) is 5.43 Å². The van der Waals surface area contributed by atoms with Crippen LogP contribution >= 0.6 is 23.2 Å². The molecule has 4 rings (SSSR count). The van der Waals surface area contributed by atoms with Gasteiger partial charge in [0.05, 0.1) is 5.02 Å². The van der Waals surface area contributed by atoms with Crippen LogP contribution in [0.3, 0.4) is 0 Å². The quantitative estimate of drug-likeness (QED) is 0.668. The van der Waals surface area contributed by atoms with Crippen molar-refractivity contribution < 1.29 is 14.3 Å². The van der Waals surface area contributed by atoms with Crippen molar-refractivity contribution in [1.29, 1.82) is 0 Å². The third kappa shape index (κ3) is 3.27. The largest absolute Gasteiger partial charge is 0.482 e. The van der Waals surface area contributed by atoms with E-state index in [2.05, 4.69) is 10.5 Å². The molecule has 134 valence electrons. The Hall–Kier alpha value is -2.89. The zero-order valence-corrected chi connectivity index (χ0v) is 15.3. The van der Waals surface area contributed by atoms with Gasteiger partial charge >= 0.3 is 0 Å². The van der Waals surface area contributed by atoms with Gasteiger partial charge in [-0.15, -0.1) is 0 Å². The number of benzene rings is 3. The molecule has 0 heterocycles. The molecular weight excluding hydrogens is 387 g/mol. The van der Waals surface area contributed by atoms with E-state index in [0.29, 0.717) is 26.9 Å². The third-order valence-electron chi connectivity index (χ3n) is 4.16. The molecule has 0 unspecified atom stereocenters. The molecule has 0 aliphatic heterocycles. The number of hydrogen-bond donors (Lipinski definition) is 1. The van der Waals surface area contributed by atoms with E-state index < -0.39 is 5.91 Å². The smallest absolute Gasteiger partial charge is 0.277 e. The summed E-state index contributed by atoms with van der Waals surface area (Å²) in [6.07, 6.45) is 0. The lowest BCUT2D eigenvalue weighted by molar-refractivity contribution is -0.123. The Bertz CT molecular complexity index is 1120. The molecule has 1 aliphatic carbocycles. The van der Waals surface area contributed by atoms with E-state index in [9.17, 15) is 9.59 Å². The van der Waals surface area contributed by atoms with Gasteiger partial charge in [0, 0.05) is 21.5 Å². The first-order valence-corrected chi connectivity index (χ1v) is 8.81. The Kier molecular flexibility index (Phi) is 4.56. The number of halogens is 2. The summed E-state index contributed by atoms with van der Waals surface area (Å²) in [7, 11) is 0. The normalized spacial score (nSPS) is 14.0. The Morgan fingerprint density at radius 3 is 2.52 bits per heavy atom. The van der Waals surface area contributed by atoms with Gasteiger partial charge in [0.25, 0.3) is 5.91 Å². The molecule has 0 saturated carbocycles. The molecule has 27 heavy (non-hydrogen) atoms. The number of ketones is 1. The molecule has 0 saturated heterocycles. The zero-order chi connectivity index (χ0) is 19.0. The summed E-state index contributed by atoms with van der Waals surface area (Å²) in [4.78, 5) is 24.7. The van der Waals surface area contributed by atoms with Gasteiger partial charge < -0.3 is 4.74 Å². The lowest BCUT2D eigenvalue weighted by atomic mass is 10.1. The first kappa shape index (κ1) is 17.5. The Morgan fingerprint density at radius 2 is 1.78 bits per heavy atom. The van der Waals surface area contributed by atoms with Crippen molar-refractivity contribution in [1.82, 2.24) is 5.43 Å². The van der Waals surface area contributed by atoms with Crippen LogP contribution < -0.4 is 10.2 Å². The van der Waals surface area contributed by atoms with Crippen LogP contribution in [0.1, 0.15) is 15.9 Å². The molecule has 0 bridgehead atoms. The van der Waals surface area contributed by atoms with E-state index in [-0.39, 0.29) is 18.1 Å². The first-order chi connectivity index (χ1) is 13.0. The summed E-state index contributed by atoms with van der Waals surface area (Å²) in [5, 5.41) is 6.60. The molecule has 0 fully saturated rings. The summed E-state index contributed by atoms with van der Waals surface area (Å²) in [5.41, 5.74) is 3.86. The lowest BCUT2D eigenvalue weighted by Gasteiger charge is -2.07. The van der Waals surface area contributed by atoms with E-state index in [0.717, 1.165) is 10.8 Å². The molecule has 0 aromatic heterocycles. The fourth-order valence-electron chi connectivity index (χ4n) is 2.97. The molecule has 0 spiro atoms. The van der Waals surface area contributed by atoms with Crippen LogP contribution in [0.25, 0.3) is 10.8 Å². The molecule has 3 aromatic carbocycles. The number of ether oxygens (including phenoxy) is 1. The van der Waals surface area contributed by atoms with Gasteiger partial charge in [-0.1, -0.05) is 59.6 Å². The van der Waals surface area contributed by atoms with Crippen molar-refractivity contribution in [3.63, 3.8) is 0 Å². The van der Waals surface area contributed by atoms with Crippen molar-refractivity contribution in [2.45, 2.75) is 0 Å².